The van der Waals surface area contributed by atoms with Crippen LogP contribution >= 0.6 is 0 Å². The molecule has 3 nitrogen and oxygen atoms in total. The highest BCUT2D eigenvalue weighted by Gasteiger charge is 2.50. The Hall–Kier alpha value is -0.120. The summed E-state index contributed by atoms with van der Waals surface area (Å²) in [6, 6.07) is 0.549. The van der Waals surface area contributed by atoms with Crippen molar-refractivity contribution >= 4 is 0 Å². The summed E-state index contributed by atoms with van der Waals surface area (Å²) in [4.78, 5) is 0. The Kier molecular flexibility index (Phi) is 3.33. The number of nitrogens with two attached hydrogens (primary N) is 1. The monoisotopic (exact) mass is 263 g/mol. The molecule has 1 atom stereocenters. The lowest BCUT2D eigenvalue weighted by Crippen LogP contribution is -2.58. The van der Waals surface area contributed by atoms with Crippen LogP contribution in [0.2, 0.25) is 0 Å². The van der Waals surface area contributed by atoms with E-state index in [0.29, 0.717) is 6.04 Å². The van der Waals surface area contributed by atoms with Crippen molar-refractivity contribution in [3.8, 4) is 0 Å². The third-order valence-corrected chi connectivity index (χ3v) is 6.47. The van der Waals surface area contributed by atoms with Crippen molar-refractivity contribution in [3.05, 3.63) is 0 Å². The molecule has 0 amide bonds. The summed E-state index contributed by atoms with van der Waals surface area (Å²) < 4.78 is 0. The summed E-state index contributed by atoms with van der Waals surface area (Å²) in [6.07, 6.45) is 10.3. The molecule has 4 aliphatic carbocycles. The van der Waals surface area contributed by atoms with E-state index in [-0.39, 0.29) is 0 Å². The molecule has 19 heavy (non-hydrogen) atoms. The second kappa shape index (κ2) is 5.01. The van der Waals surface area contributed by atoms with Crippen molar-refractivity contribution in [2.24, 2.45) is 35.3 Å². The maximum absolute atomic E-state index is 6.14. The molecule has 3 N–H and O–H groups in total. The minimum absolute atomic E-state index is 0.549. The summed E-state index contributed by atoms with van der Waals surface area (Å²) in [5.74, 6) is 4.99. The van der Waals surface area contributed by atoms with Crippen molar-refractivity contribution in [2.75, 3.05) is 19.6 Å². The van der Waals surface area contributed by atoms with Crippen LogP contribution in [-0.2, 0) is 0 Å². The van der Waals surface area contributed by atoms with Crippen molar-refractivity contribution in [1.29, 1.82) is 0 Å². The maximum atomic E-state index is 6.14. The van der Waals surface area contributed by atoms with Crippen molar-refractivity contribution in [3.63, 3.8) is 0 Å². The predicted molar refractivity (Wildman–Crippen MR) is 77.3 cm³/mol. The van der Waals surface area contributed by atoms with E-state index in [1.54, 1.807) is 6.42 Å². The first-order chi connectivity index (χ1) is 9.33. The van der Waals surface area contributed by atoms with Crippen LogP contribution < -0.4 is 11.2 Å². The summed E-state index contributed by atoms with van der Waals surface area (Å²) >= 11 is 0. The minimum atomic E-state index is 0.549. The molecule has 1 saturated heterocycles. The molecule has 1 heterocycles. The Bertz CT molecular complexity index is 296. The zero-order chi connectivity index (χ0) is 12.8. The Balaban J connectivity index is 1.47. The first kappa shape index (κ1) is 12.6. The molecule has 1 aliphatic heterocycles. The van der Waals surface area contributed by atoms with Gasteiger partial charge in [0.25, 0.3) is 0 Å². The van der Waals surface area contributed by atoms with Gasteiger partial charge in [-0.2, -0.15) is 0 Å². The number of rotatable bonds is 4. The minimum Gasteiger partial charge on any atom is -0.329 e. The van der Waals surface area contributed by atoms with Gasteiger partial charge in [-0.25, -0.2) is 5.01 Å². The molecule has 108 valence electrons. The van der Waals surface area contributed by atoms with Crippen molar-refractivity contribution in [1.82, 2.24) is 10.4 Å². The lowest BCUT2D eigenvalue weighted by Gasteiger charge is -2.56. The first-order valence-electron chi connectivity index (χ1n) is 8.54. The van der Waals surface area contributed by atoms with Gasteiger partial charge < -0.3 is 5.73 Å². The lowest BCUT2D eigenvalue weighted by atomic mass is 9.50. The highest BCUT2D eigenvalue weighted by Crippen LogP contribution is 2.57. The second-order valence-electron chi connectivity index (χ2n) is 7.67. The summed E-state index contributed by atoms with van der Waals surface area (Å²) in [6.45, 7) is 3.27. The average molecular weight is 263 g/mol. The van der Waals surface area contributed by atoms with Crippen LogP contribution in [0.15, 0.2) is 0 Å². The zero-order valence-corrected chi connectivity index (χ0v) is 12.1. The lowest BCUT2D eigenvalue weighted by molar-refractivity contribution is -0.0601. The topological polar surface area (TPSA) is 41.3 Å². The molecule has 0 aromatic heterocycles. The fourth-order valence-corrected chi connectivity index (χ4v) is 6.00. The van der Waals surface area contributed by atoms with Gasteiger partial charge in [0.2, 0.25) is 0 Å². The Morgan fingerprint density at radius 2 is 1.53 bits per heavy atom. The molecular weight excluding hydrogens is 234 g/mol. The van der Waals surface area contributed by atoms with Gasteiger partial charge in [0.05, 0.1) is 0 Å². The zero-order valence-electron chi connectivity index (χ0n) is 12.1. The SMILES string of the molecule is NCC(NN1CCCC1)C1C2CC3CC(C2)CC1C3. The van der Waals surface area contributed by atoms with Gasteiger partial charge in [0, 0.05) is 25.7 Å². The van der Waals surface area contributed by atoms with Gasteiger partial charge in [-0.05, 0) is 74.5 Å². The van der Waals surface area contributed by atoms with E-state index in [4.69, 9.17) is 5.73 Å². The fourth-order valence-electron chi connectivity index (χ4n) is 6.00. The largest absolute Gasteiger partial charge is 0.329 e. The van der Waals surface area contributed by atoms with E-state index in [0.717, 1.165) is 36.1 Å². The summed E-state index contributed by atoms with van der Waals surface area (Å²) in [7, 11) is 0. The number of hydrogen-bond donors (Lipinski definition) is 2. The van der Waals surface area contributed by atoms with E-state index in [9.17, 15) is 0 Å². The van der Waals surface area contributed by atoms with E-state index in [2.05, 4.69) is 10.4 Å². The van der Waals surface area contributed by atoms with E-state index in [1.165, 1.54) is 51.6 Å². The van der Waals surface area contributed by atoms with Gasteiger partial charge in [-0.1, -0.05) is 0 Å². The molecule has 0 spiro atoms. The predicted octanol–water partition coefficient (Wildman–Crippen LogP) is 1.99. The third-order valence-electron chi connectivity index (χ3n) is 6.47. The Labute approximate surface area is 117 Å². The first-order valence-corrected chi connectivity index (χ1v) is 8.54. The molecular formula is C16H29N3. The molecule has 5 rings (SSSR count). The van der Waals surface area contributed by atoms with Crippen LogP contribution in [0.5, 0.6) is 0 Å². The normalized spacial score (nSPS) is 46.9. The van der Waals surface area contributed by atoms with Gasteiger partial charge >= 0.3 is 0 Å². The standard InChI is InChI=1S/C16H29N3/c17-10-15(18-19-3-1-2-4-19)16-13-6-11-5-12(8-13)9-14(16)7-11/h11-16,18H,1-10,17H2. The van der Waals surface area contributed by atoms with Gasteiger partial charge in [-0.15, -0.1) is 0 Å². The number of hydrogen-bond acceptors (Lipinski definition) is 3. The fraction of sp³-hybridized carbons (Fsp3) is 1.00. The Morgan fingerprint density at radius 3 is 2.05 bits per heavy atom. The van der Waals surface area contributed by atoms with Crippen LogP contribution in [0.25, 0.3) is 0 Å². The van der Waals surface area contributed by atoms with Crippen LogP contribution in [0, 0.1) is 29.6 Å². The number of nitrogens with one attached hydrogen (secondary N) is 1. The average Bonchev–Trinajstić information content (AvgIpc) is 2.89. The molecule has 4 saturated carbocycles. The quantitative estimate of drug-likeness (QED) is 0.815. The van der Waals surface area contributed by atoms with Crippen LogP contribution in [0.1, 0.15) is 44.9 Å². The van der Waals surface area contributed by atoms with Gasteiger partial charge in [-0.3, -0.25) is 5.43 Å². The molecule has 5 aliphatic rings. The maximum Gasteiger partial charge on any atom is 0.0371 e. The number of hydrazine groups is 1. The van der Waals surface area contributed by atoms with Crippen LogP contribution in [0.3, 0.4) is 0 Å². The highest BCUT2D eigenvalue weighted by atomic mass is 15.5. The molecule has 1 unspecified atom stereocenters. The van der Waals surface area contributed by atoms with Crippen molar-refractivity contribution in [2.45, 2.75) is 51.0 Å². The Morgan fingerprint density at radius 1 is 0.947 bits per heavy atom. The second-order valence-corrected chi connectivity index (χ2v) is 7.67. The number of nitrogens with zero attached hydrogens (tertiary/aromatic N) is 1. The van der Waals surface area contributed by atoms with E-state index in [1.807, 2.05) is 0 Å². The van der Waals surface area contributed by atoms with Gasteiger partial charge in [0.15, 0.2) is 0 Å². The van der Waals surface area contributed by atoms with E-state index < -0.39 is 0 Å². The molecule has 4 bridgehead atoms. The summed E-state index contributed by atoms with van der Waals surface area (Å²) in [5, 5.41) is 2.45. The molecule has 0 aromatic rings. The highest BCUT2D eigenvalue weighted by molar-refractivity contribution is 5.01. The van der Waals surface area contributed by atoms with Crippen LogP contribution in [-0.4, -0.2) is 30.7 Å². The molecule has 0 aromatic carbocycles. The van der Waals surface area contributed by atoms with Crippen molar-refractivity contribution < 1.29 is 0 Å². The van der Waals surface area contributed by atoms with E-state index >= 15 is 0 Å². The smallest absolute Gasteiger partial charge is 0.0371 e. The summed E-state index contributed by atoms with van der Waals surface area (Å²) in [5.41, 5.74) is 9.94. The molecule has 3 heteroatoms. The third kappa shape index (κ3) is 2.24. The molecule has 5 fully saturated rings. The van der Waals surface area contributed by atoms with Gasteiger partial charge in [0.1, 0.15) is 0 Å². The molecule has 0 radical (unpaired) electrons. The van der Waals surface area contributed by atoms with Crippen LogP contribution in [0.4, 0.5) is 0 Å².